The van der Waals surface area contributed by atoms with E-state index in [0.29, 0.717) is 12.6 Å². The van der Waals surface area contributed by atoms with Gasteiger partial charge in [-0.15, -0.1) is 0 Å². The van der Waals surface area contributed by atoms with E-state index in [9.17, 15) is 0 Å². The summed E-state index contributed by atoms with van der Waals surface area (Å²) in [5, 5.41) is 3.51. The first-order valence-electron chi connectivity index (χ1n) is 7.11. The lowest BCUT2D eigenvalue weighted by Gasteiger charge is -2.18. The molecule has 1 atom stereocenters. The average molecular weight is 340 g/mol. The molecule has 0 amide bonds. The summed E-state index contributed by atoms with van der Waals surface area (Å²) in [6.07, 6.45) is 4.29. The highest BCUT2D eigenvalue weighted by Crippen LogP contribution is 2.38. The highest BCUT2D eigenvalue weighted by molar-refractivity contribution is 9.10. The van der Waals surface area contributed by atoms with Crippen molar-refractivity contribution in [2.75, 3.05) is 6.61 Å². The van der Waals surface area contributed by atoms with E-state index in [4.69, 9.17) is 9.47 Å². The fraction of sp³-hybridized carbons (Fsp3) is 0.500. The first-order chi connectivity index (χ1) is 9.63. The Morgan fingerprint density at radius 3 is 2.85 bits per heavy atom. The lowest BCUT2D eigenvalue weighted by atomic mass is 10.2. The van der Waals surface area contributed by atoms with E-state index in [1.807, 2.05) is 13.8 Å². The van der Waals surface area contributed by atoms with E-state index in [2.05, 4.69) is 40.0 Å². The summed E-state index contributed by atoms with van der Waals surface area (Å²) >= 11 is 3.58. The number of benzene rings is 1. The maximum atomic E-state index is 5.86. The van der Waals surface area contributed by atoms with Crippen molar-refractivity contribution in [2.24, 2.45) is 0 Å². The van der Waals surface area contributed by atoms with E-state index >= 15 is 0 Å². The van der Waals surface area contributed by atoms with Gasteiger partial charge in [-0.25, -0.2) is 0 Å². The van der Waals surface area contributed by atoms with Crippen LogP contribution in [-0.2, 0) is 6.54 Å². The van der Waals surface area contributed by atoms with Crippen molar-refractivity contribution in [2.45, 2.75) is 45.4 Å². The van der Waals surface area contributed by atoms with E-state index < -0.39 is 0 Å². The number of ether oxygens (including phenoxy) is 2. The summed E-state index contributed by atoms with van der Waals surface area (Å²) in [4.78, 5) is 0. The zero-order chi connectivity index (χ0) is 14.5. The average Bonchev–Trinajstić information content (AvgIpc) is 3.24. The molecule has 20 heavy (non-hydrogen) atoms. The molecule has 0 spiro atoms. The molecule has 1 aromatic rings. The number of hydrogen-bond donors (Lipinski definition) is 1. The fourth-order valence-corrected chi connectivity index (χ4v) is 2.47. The largest absolute Gasteiger partial charge is 0.490 e. The van der Waals surface area contributed by atoms with Crippen LogP contribution in [0.15, 0.2) is 29.3 Å². The van der Waals surface area contributed by atoms with Gasteiger partial charge in [-0.2, -0.15) is 0 Å². The predicted octanol–water partition coefficient (Wildman–Crippen LogP) is 4.05. The molecule has 3 nitrogen and oxygen atoms in total. The standard InChI is InChI=1S/C16H22BrNO2/c1-4-11(3)20-16-14(17)8-12(9-15(16)19-5-2)10-18-13-6-7-13/h4,8-9,11,13,18H,1,5-7,10H2,2-3H3. The highest BCUT2D eigenvalue weighted by atomic mass is 79.9. The molecule has 1 aliphatic rings. The third kappa shape index (κ3) is 4.25. The molecule has 0 aromatic heterocycles. The molecule has 1 aromatic carbocycles. The topological polar surface area (TPSA) is 30.5 Å². The first-order valence-corrected chi connectivity index (χ1v) is 7.91. The van der Waals surface area contributed by atoms with Crippen LogP contribution in [0.5, 0.6) is 11.5 Å². The Hall–Kier alpha value is -1.00. The molecule has 1 saturated carbocycles. The van der Waals surface area contributed by atoms with E-state index in [-0.39, 0.29) is 6.10 Å². The monoisotopic (exact) mass is 339 g/mol. The maximum absolute atomic E-state index is 5.86. The van der Waals surface area contributed by atoms with Gasteiger partial charge in [0.25, 0.3) is 0 Å². The van der Waals surface area contributed by atoms with Gasteiger partial charge in [0.1, 0.15) is 6.10 Å². The number of hydrogen-bond acceptors (Lipinski definition) is 3. The van der Waals surface area contributed by atoms with Gasteiger partial charge < -0.3 is 14.8 Å². The van der Waals surface area contributed by atoms with Crippen LogP contribution >= 0.6 is 15.9 Å². The molecule has 4 heteroatoms. The first kappa shape index (κ1) is 15.4. The Morgan fingerprint density at radius 1 is 1.50 bits per heavy atom. The van der Waals surface area contributed by atoms with Gasteiger partial charge >= 0.3 is 0 Å². The quantitative estimate of drug-likeness (QED) is 0.724. The van der Waals surface area contributed by atoms with Crippen LogP contribution in [0, 0.1) is 0 Å². The number of nitrogens with one attached hydrogen (secondary N) is 1. The lowest BCUT2D eigenvalue weighted by molar-refractivity contribution is 0.243. The van der Waals surface area contributed by atoms with Crippen LogP contribution in [-0.4, -0.2) is 18.8 Å². The van der Waals surface area contributed by atoms with Gasteiger partial charge in [-0.3, -0.25) is 0 Å². The van der Waals surface area contributed by atoms with Crippen molar-refractivity contribution < 1.29 is 9.47 Å². The predicted molar refractivity (Wildman–Crippen MR) is 85.5 cm³/mol. The van der Waals surface area contributed by atoms with E-state index in [0.717, 1.165) is 22.5 Å². The molecule has 1 aliphatic carbocycles. The van der Waals surface area contributed by atoms with Crippen molar-refractivity contribution in [3.63, 3.8) is 0 Å². The van der Waals surface area contributed by atoms with Crippen molar-refractivity contribution in [3.8, 4) is 11.5 Å². The molecule has 0 saturated heterocycles. The van der Waals surface area contributed by atoms with Gasteiger partial charge in [0.05, 0.1) is 11.1 Å². The Kier molecular flexibility index (Phi) is 5.49. The molecule has 0 aliphatic heterocycles. The second kappa shape index (κ2) is 7.14. The van der Waals surface area contributed by atoms with Crippen molar-refractivity contribution in [1.29, 1.82) is 0 Å². The van der Waals surface area contributed by atoms with Crippen molar-refractivity contribution in [3.05, 3.63) is 34.8 Å². The van der Waals surface area contributed by atoms with Gasteiger partial charge in [-0.1, -0.05) is 12.7 Å². The molecule has 0 bridgehead atoms. The molecule has 1 unspecified atom stereocenters. The molecule has 0 heterocycles. The van der Waals surface area contributed by atoms with Crippen LogP contribution in [0.1, 0.15) is 32.3 Å². The summed E-state index contributed by atoms with van der Waals surface area (Å²) in [5.74, 6) is 1.53. The van der Waals surface area contributed by atoms with Gasteiger partial charge in [0.2, 0.25) is 0 Å². The summed E-state index contributed by atoms with van der Waals surface area (Å²) < 4.78 is 12.5. The fourth-order valence-electron chi connectivity index (χ4n) is 1.88. The summed E-state index contributed by atoms with van der Waals surface area (Å²) in [6.45, 7) is 9.15. The van der Waals surface area contributed by atoms with Crippen LogP contribution in [0.3, 0.4) is 0 Å². The zero-order valence-electron chi connectivity index (χ0n) is 12.1. The zero-order valence-corrected chi connectivity index (χ0v) is 13.7. The minimum Gasteiger partial charge on any atom is -0.490 e. The molecule has 110 valence electrons. The maximum Gasteiger partial charge on any atom is 0.176 e. The molecule has 2 rings (SSSR count). The van der Waals surface area contributed by atoms with Crippen LogP contribution < -0.4 is 14.8 Å². The van der Waals surface area contributed by atoms with Crippen molar-refractivity contribution >= 4 is 15.9 Å². The molecule has 1 N–H and O–H groups in total. The number of rotatable bonds is 8. The molecule has 1 fully saturated rings. The normalized spacial score (nSPS) is 15.8. The van der Waals surface area contributed by atoms with E-state index in [1.54, 1.807) is 6.08 Å². The van der Waals surface area contributed by atoms with Gasteiger partial charge in [0, 0.05) is 12.6 Å². The van der Waals surface area contributed by atoms with Gasteiger partial charge in [-0.05, 0) is 60.3 Å². The summed E-state index contributed by atoms with van der Waals surface area (Å²) in [5.41, 5.74) is 1.20. The smallest absolute Gasteiger partial charge is 0.176 e. The molecular weight excluding hydrogens is 318 g/mol. The van der Waals surface area contributed by atoms with Crippen LogP contribution in [0.2, 0.25) is 0 Å². The molecular formula is C16H22BrNO2. The van der Waals surface area contributed by atoms with Crippen LogP contribution in [0.4, 0.5) is 0 Å². The lowest BCUT2D eigenvalue weighted by Crippen LogP contribution is -2.16. The second-order valence-corrected chi connectivity index (χ2v) is 5.91. The third-order valence-electron chi connectivity index (χ3n) is 3.18. The Labute approximate surface area is 129 Å². The van der Waals surface area contributed by atoms with E-state index in [1.165, 1.54) is 18.4 Å². The SMILES string of the molecule is C=CC(C)Oc1c(Br)cc(CNC2CC2)cc1OCC. The third-order valence-corrected chi connectivity index (χ3v) is 3.77. The minimum absolute atomic E-state index is 0.0547. The van der Waals surface area contributed by atoms with Crippen LogP contribution in [0.25, 0.3) is 0 Å². The Balaban J connectivity index is 2.17. The number of halogens is 1. The Bertz CT molecular complexity index is 472. The molecule has 0 radical (unpaired) electrons. The van der Waals surface area contributed by atoms with Crippen molar-refractivity contribution in [1.82, 2.24) is 5.32 Å². The summed E-state index contributed by atoms with van der Waals surface area (Å²) in [6, 6.07) is 4.83. The Morgan fingerprint density at radius 2 is 2.25 bits per heavy atom. The second-order valence-electron chi connectivity index (χ2n) is 5.05. The minimum atomic E-state index is -0.0547. The van der Waals surface area contributed by atoms with Gasteiger partial charge in [0.15, 0.2) is 11.5 Å². The summed E-state index contributed by atoms with van der Waals surface area (Å²) in [7, 11) is 0. The highest BCUT2D eigenvalue weighted by Gasteiger charge is 2.21.